The minimum Gasteiger partial charge on any atom is -0.493 e. The van der Waals surface area contributed by atoms with Gasteiger partial charge in [-0.3, -0.25) is 9.59 Å². The number of benzene rings is 2. The van der Waals surface area contributed by atoms with E-state index in [9.17, 15) is 9.59 Å². The third-order valence-electron chi connectivity index (χ3n) is 3.61. The molecule has 0 spiro atoms. The molecule has 0 atom stereocenters. The van der Waals surface area contributed by atoms with Crippen molar-refractivity contribution in [3.8, 4) is 17.2 Å². The van der Waals surface area contributed by atoms with Crippen molar-refractivity contribution in [1.29, 1.82) is 0 Å². The molecule has 27 heavy (non-hydrogen) atoms. The Hall–Kier alpha value is -3.42. The summed E-state index contributed by atoms with van der Waals surface area (Å²) in [5, 5.41) is 8.45. The molecule has 2 aromatic rings. The van der Waals surface area contributed by atoms with Gasteiger partial charge in [0.25, 0.3) is 0 Å². The Morgan fingerprint density at radius 1 is 0.815 bits per heavy atom. The molecule has 0 aliphatic heterocycles. The molecule has 0 radical (unpaired) electrons. The van der Waals surface area contributed by atoms with Crippen LogP contribution in [-0.4, -0.2) is 39.7 Å². The highest BCUT2D eigenvalue weighted by Crippen LogP contribution is 2.39. The summed E-state index contributed by atoms with van der Waals surface area (Å²) < 4.78 is 15.8. The van der Waals surface area contributed by atoms with Crippen molar-refractivity contribution in [1.82, 2.24) is 0 Å². The van der Waals surface area contributed by atoms with E-state index in [1.54, 1.807) is 36.4 Å². The fourth-order valence-corrected chi connectivity index (χ4v) is 2.41. The predicted molar refractivity (Wildman–Crippen MR) is 104 cm³/mol. The second-order valence-corrected chi connectivity index (χ2v) is 5.57. The number of anilines is 3. The lowest BCUT2D eigenvalue weighted by Gasteiger charge is -2.15. The molecule has 8 nitrogen and oxygen atoms in total. The third-order valence-corrected chi connectivity index (χ3v) is 3.61. The fourth-order valence-electron chi connectivity index (χ4n) is 2.41. The summed E-state index contributed by atoms with van der Waals surface area (Å²) in [7, 11) is 4.58. The summed E-state index contributed by atoms with van der Waals surface area (Å²) in [6.07, 6.45) is 0. The SMILES string of the molecule is COc1cc(NCC(=O)Nc2ccc(NC(C)=O)cc2)cc(OC)c1OC. The number of hydrogen-bond acceptors (Lipinski definition) is 6. The molecular formula is C19H23N3O5. The topological polar surface area (TPSA) is 97.9 Å². The van der Waals surface area contributed by atoms with Gasteiger partial charge >= 0.3 is 0 Å². The quantitative estimate of drug-likeness (QED) is 0.658. The summed E-state index contributed by atoms with van der Waals surface area (Å²) in [5.41, 5.74) is 1.94. The van der Waals surface area contributed by atoms with Crippen LogP contribution in [0.4, 0.5) is 17.1 Å². The Morgan fingerprint density at radius 3 is 1.78 bits per heavy atom. The highest BCUT2D eigenvalue weighted by Gasteiger charge is 2.13. The first-order valence-corrected chi connectivity index (χ1v) is 8.18. The smallest absolute Gasteiger partial charge is 0.243 e. The van der Waals surface area contributed by atoms with Crippen molar-refractivity contribution in [2.75, 3.05) is 43.8 Å². The Labute approximate surface area is 157 Å². The first kappa shape index (κ1) is 19.9. The molecule has 0 saturated carbocycles. The minimum atomic E-state index is -0.226. The van der Waals surface area contributed by atoms with Crippen LogP contribution in [0.3, 0.4) is 0 Å². The largest absolute Gasteiger partial charge is 0.493 e. The minimum absolute atomic E-state index is 0.0477. The fraction of sp³-hybridized carbons (Fsp3) is 0.263. The van der Waals surface area contributed by atoms with Crippen molar-refractivity contribution < 1.29 is 23.8 Å². The lowest BCUT2D eigenvalue weighted by atomic mass is 10.2. The van der Waals surface area contributed by atoms with Crippen molar-refractivity contribution in [3.63, 3.8) is 0 Å². The number of carbonyl (C=O) groups excluding carboxylic acids is 2. The normalized spacial score (nSPS) is 9.93. The highest BCUT2D eigenvalue weighted by molar-refractivity contribution is 5.94. The van der Waals surface area contributed by atoms with E-state index in [4.69, 9.17) is 14.2 Å². The molecule has 0 bridgehead atoms. The first-order valence-electron chi connectivity index (χ1n) is 8.18. The molecule has 0 aromatic heterocycles. The van der Waals surface area contributed by atoms with Gasteiger partial charge in [0.2, 0.25) is 17.6 Å². The lowest BCUT2D eigenvalue weighted by Crippen LogP contribution is -2.21. The van der Waals surface area contributed by atoms with Crippen molar-refractivity contribution in [2.45, 2.75) is 6.92 Å². The van der Waals surface area contributed by atoms with Crippen molar-refractivity contribution >= 4 is 28.9 Å². The number of amides is 2. The molecule has 0 aliphatic carbocycles. The Bertz CT molecular complexity index is 780. The van der Waals surface area contributed by atoms with E-state index in [2.05, 4.69) is 16.0 Å². The molecule has 2 amide bonds. The van der Waals surface area contributed by atoms with E-state index in [0.717, 1.165) is 0 Å². The molecule has 8 heteroatoms. The summed E-state index contributed by atoms with van der Waals surface area (Å²) >= 11 is 0. The monoisotopic (exact) mass is 373 g/mol. The Kier molecular flexibility index (Phi) is 6.87. The second kappa shape index (κ2) is 9.33. The zero-order valence-corrected chi connectivity index (χ0v) is 15.7. The van der Waals surface area contributed by atoms with Gasteiger partial charge in [0.1, 0.15) is 0 Å². The van der Waals surface area contributed by atoms with Gasteiger partial charge in [-0.1, -0.05) is 0 Å². The molecular weight excluding hydrogens is 350 g/mol. The molecule has 0 heterocycles. The summed E-state index contributed by atoms with van der Waals surface area (Å²) in [4.78, 5) is 23.2. The predicted octanol–water partition coefficient (Wildman–Crippen LogP) is 2.72. The number of nitrogens with one attached hydrogen (secondary N) is 3. The van der Waals surface area contributed by atoms with Crippen LogP contribution in [0.15, 0.2) is 36.4 Å². The lowest BCUT2D eigenvalue weighted by molar-refractivity contribution is -0.115. The van der Waals surface area contributed by atoms with E-state index >= 15 is 0 Å². The first-order chi connectivity index (χ1) is 13.0. The molecule has 0 aliphatic rings. The number of rotatable bonds is 8. The van der Waals surface area contributed by atoms with Crippen LogP contribution in [0.5, 0.6) is 17.2 Å². The van der Waals surface area contributed by atoms with Gasteiger partial charge in [-0.2, -0.15) is 0 Å². The van der Waals surface area contributed by atoms with Gasteiger partial charge in [0, 0.05) is 36.1 Å². The van der Waals surface area contributed by atoms with Gasteiger partial charge in [-0.05, 0) is 24.3 Å². The molecule has 0 saturated heterocycles. The molecule has 2 aromatic carbocycles. The van der Waals surface area contributed by atoms with Gasteiger partial charge < -0.3 is 30.2 Å². The molecule has 0 fully saturated rings. The van der Waals surface area contributed by atoms with Gasteiger partial charge in [-0.25, -0.2) is 0 Å². The van der Waals surface area contributed by atoms with E-state index in [1.165, 1.54) is 28.3 Å². The second-order valence-electron chi connectivity index (χ2n) is 5.57. The third kappa shape index (κ3) is 5.53. The Balaban J connectivity index is 1.98. The molecule has 0 unspecified atom stereocenters. The van der Waals surface area contributed by atoms with Crippen molar-refractivity contribution in [2.24, 2.45) is 0 Å². The van der Waals surface area contributed by atoms with E-state index in [1.807, 2.05) is 0 Å². The molecule has 144 valence electrons. The number of carbonyl (C=O) groups is 2. The van der Waals surface area contributed by atoms with E-state index in [-0.39, 0.29) is 18.4 Å². The van der Waals surface area contributed by atoms with E-state index < -0.39 is 0 Å². The summed E-state index contributed by atoms with van der Waals surface area (Å²) in [6, 6.07) is 10.3. The number of methoxy groups -OCH3 is 3. The Morgan fingerprint density at radius 2 is 1.33 bits per heavy atom. The van der Waals surface area contributed by atoms with Crippen LogP contribution >= 0.6 is 0 Å². The van der Waals surface area contributed by atoms with E-state index in [0.29, 0.717) is 34.3 Å². The summed E-state index contributed by atoms with van der Waals surface area (Å²) in [6.45, 7) is 1.48. The van der Waals surface area contributed by atoms with Crippen LogP contribution in [-0.2, 0) is 9.59 Å². The summed E-state index contributed by atoms with van der Waals surface area (Å²) in [5.74, 6) is 1.09. The molecule has 3 N–H and O–H groups in total. The highest BCUT2D eigenvalue weighted by atomic mass is 16.5. The van der Waals surface area contributed by atoms with Crippen LogP contribution in [0.1, 0.15) is 6.92 Å². The maximum absolute atomic E-state index is 12.1. The standard InChI is InChI=1S/C19H23N3O5/c1-12(23)21-13-5-7-14(8-6-13)22-18(24)11-20-15-9-16(25-2)19(27-4)17(10-15)26-3/h5-10,20H,11H2,1-4H3,(H,21,23)(H,22,24). The maximum atomic E-state index is 12.1. The average Bonchev–Trinajstić information content (AvgIpc) is 2.66. The molecule has 2 rings (SSSR count). The van der Waals surface area contributed by atoms with Crippen LogP contribution in [0.2, 0.25) is 0 Å². The van der Waals surface area contributed by atoms with Gasteiger partial charge in [-0.15, -0.1) is 0 Å². The zero-order valence-electron chi connectivity index (χ0n) is 15.7. The zero-order chi connectivity index (χ0) is 19.8. The average molecular weight is 373 g/mol. The number of hydrogen-bond donors (Lipinski definition) is 3. The van der Waals surface area contributed by atoms with Crippen LogP contribution in [0.25, 0.3) is 0 Å². The maximum Gasteiger partial charge on any atom is 0.243 e. The van der Waals surface area contributed by atoms with Gasteiger partial charge in [0.15, 0.2) is 11.5 Å². The number of ether oxygens (including phenoxy) is 3. The van der Waals surface area contributed by atoms with Crippen molar-refractivity contribution in [3.05, 3.63) is 36.4 Å². The van der Waals surface area contributed by atoms with Gasteiger partial charge in [0.05, 0.1) is 27.9 Å². The van der Waals surface area contributed by atoms with Crippen LogP contribution in [0, 0.1) is 0 Å². The van der Waals surface area contributed by atoms with Crippen LogP contribution < -0.4 is 30.2 Å².